The third-order valence-electron chi connectivity index (χ3n) is 3.08. The number of likely N-dealkylation sites (N-methyl/N-ethyl adjacent to an activating group) is 1. The maximum Gasteiger partial charge on any atom is 0.253 e. The Kier molecular flexibility index (Phi) is 4.30. The Morgan fingerprint density at radius 2 is 2.00 bits per heavy atom. The molecule has 0 aliphatic rings. The van der Waals surface area contributed by atoms with Crippen LogP contribution in [0.4, 0.5) is 10.1 Å². The van der Waals surface area contributed by atoms with Crippen LogP contribution in [0.15, 0.2) is 42.7 Å². The minimum Gasteiger partial charge on any atom is -0.396 e. The lowest BCUT2D eigenvalue weighted by molar-refractivity contribution is 0.0796. The molecule has 0 saturated carbocycles. The lowest BCUT2D eigenvalue weighted by Crippen LogP contribution is -2.29. The highest BCUT2D eigenvalue weighted by atomic mass is 19.1. The van der Waals surface area contributed by atoms with Gasteiger partial charge in [-0.05, 0) is 42.3 Å². The average Bonchev–Trinajstić information content (AvgIpc) is 2.48. The van der Waals surface area contributed by atoms with Crippen molar-refractivity contribution in [1.82, 2.24) is 9.88 Å². The summed E-state index contributed by atoms with van der Waals surface area (Å²) in [4.78, 5) is 17.6. The Hall–Kier alpha value is -2.43. The summed E-state index contributed by atoms with van der Waals surface area (Å²) in [7, 11) is 1.69. The zero-order chi connectivity index (χ0) is 14.5. The molecule has 0 saturated heterocycles. The van der Waals surface area contributed by atoms with E-state index in [4.69, 9.17) is 5.73 Å². The van der Waals surface area contributed by atoms with Crippen molar-refractivity contribution in [2.24, 2.45) is 0 Å². The first-order valence-corrected chi connectivity index (χ1v) is 6.27. The number of pyridine rings is 1. The first-order valence-electron chi connectivity index (χ1n) is 6.27. The second kappa shape index (κ2) is 6.14. The zero-order valence-electron chi connectivity index (χ0n) is 11.2. The molecule has 0 aliphatic carbocycles. The van der Waals surface area contributed by atoms with E-state index in [0.717, 1.165) is 12.0 Å². The predicted octanol–water partition coefficient (Wildman–Crippen LogP) is 2.12. The van der Waals surface area contributed by atoms with Crippen molar-refractivity contribution in [3.05, 3.63) is 59.7 Å². The molecular formula is C15H16FN3O. The number of nitrogens with zero attached hydrogens (tertiary/aromatic N) is 2. The molecule has 20 heavy (non-hydrogen) atoms. The second-order valence-electron chi connectivity index (χ2n) is 4.57. The van der Waals surface area contributed by atoms with Crippen molar-refractivity contribution < 1.29 is 9.18 Å². The minimum absolute atomic E-state index is 0.0426. The highest BCUT2D eigenvalue weighted by molar-refractivity contribution is 5.94. The number of aromatic nitrogens is 1. The molecule has 0 atom stereocenters. The second-order valence-corrected chi connectivity index (χ2v) is 4.57. The average molecular weight is 273 g/mol. The standard InChI is InChI=1S/C15H16FN3O/c1-19(9-6-11-4-7-18-8-5-11)15(20)12-2-3-14(17)13(16)10-12/h2-5,7-8,10H,6,9,17H2,1H3. The number of hydrogen-bond acceptors (Lipinski definition) is 3. The van der Waals surface area contributed by atoms with Gasteiger partial charge in [-0.15, -0.1) is 0 Å². The number of carbonyl (C=O) groups excluding carboxylic acids is 1. The molecule has 4 nitrogen and oxygen atoms in total. The molecule has 5 heteroatoms. The summed E-state index contributed by atoms with van der Waals surface area (Å²) < 4.78 is 13.4. The van der Waals surface area contributed by atoms with E-state index in [1.165, 1.54) is 18.2 Å². The van der Waals surface area contributed by atoms with Crippen LogP contribution in [-0.2, 0) is 6.42 Å². The summed E-state index contributed by atoms with van der Waals surface area (Å²) in [5.41, 5.74) is 6.84. The SMILES string of the molecule is CN(CCc1ccncc1)C(=O)c1ccc(N)c(F)c1. The molecule has 104 valence electrons. The van der Waals surface area contributed by atoms with E-state index < -0.39 is 5.82 Å². The normalized spacial score (nSPS) is 10.3. The Balaban J connectivity index is 1.99. The maximum absolute atomic E-state index is 13.4. The van der Waals surface area contributed by atoms with Crippen molar-refractivity contribution in [3.63, 3.8) is 0 Å². The molecule has 0 radical (unpaired) electrons. The number of carbonyl (C=O) groups is 1. The van der Waals surface area contributed by atoms with E-state index in [1.807, 2.05) is 12.1 Å². The molecule has 0 spiro atoms. The number of amides is 1. The summed E-state index contributed by atoms with van der Waals surface area (Å²) in [6, 6.07) is 7.91. The molecule has 1 amide bonds. The highest BCUT2D eigenvalue weighted by Crippen LogP contribution is 2.13. The molecule has 1 aromatic carbocycles. The Morgan fingerprint density at radius 1 is 1.30 bits per heavy atom. The Labute approximate surface area is 117 Å². The van der Waals surface area contributed by atoms with Gasteiger partial charge >= 0.3 is 0 Å². The molecule has 1 heterocycles. The van der Waals surface area contributed by atoms with Crippen LogP contribution in [0.5, 0.6) is 0 Å². The fourth-order valence-corrected chi connectivity index (χ4v) is 1.83. The third kappa shape index (κ3) is 3.32. The zero-order valence-corrected chi connectivity index (χ0v) is 11.2. The first kappa shape index (κ1) is 14.0. The van der Waals surface area contributed by atoms with Crippen LogP contribution in [0, 0.1) is 5.82 Å². The molecular weight excluding hydrogens is 257 g/mol. The van der Waals surface area contributed by atoms with E-state index >= 15 is 0 Å². The largest absolute Gasteiger partial charge is 0.396 e. The quantitative estimate of drug-likeness (QED) is 0.868. The lowest BCUT2D eigenvalue weighted by atomic mass is 10.1. The maximum atomic E-state index is 13.4. The number of halogens is 1. The van der Waals surface area contributed by atoms with Gasteiger partial charge in [-0.1, -0.05) is 0 Å². The third-order valence-corrected chi connectivity index (χ3v) is 3.08. The number of benzene rings is 1. The van der Waals surface area contributed by atoms with Crippen LogP contribution in [0.25, 0.3) is 0 Å². The van der Waals surface area contributed by atoms with Crippen LogP contribution < -0.4 is 5.73 Å². The lowest BCUT2D eigenvalue weighted by Gasteiger charge is -2.17. The molecule has 2 rings (SSSR count). The van der Waals surface area contributed by atoms with Crippen molar-refractivity contribution in [1.29, 1.82) is 0 Å². The van der Waals surface area contributed by atoms with Crippen LogP contribution in [0.3, 0.4) is 0 Å². The Bertz CT molecular complexity index is 601. The van der Waals surface area contributed by atoms with Crippen LogP contribution in [0.2, 0.25) is 0 Å². The smallest absolute Gasteiger partial charge is 0.253 e. The van der Waals surface area contributed by atoms with Gasteiger partial charge in [0.05, 0.1) is 5.69 Å². The monoisotopic (exact) mass is 273 g/mol. The fourth-order valence-electron chi connectivity index (χ4n) is 1.83. The van der Waals surface area contributed by atoms with Crippen molar-refractivity contribution in [3.8, 4) is 0 Å². The molecule has 0 aliphatic heterocycles. The molecule has 2 aromatic rings. The van der Waals surface area contributed by atoms with Crippen LogP contribution in [0.1, 0.15) is 15.9 Å². The van der Waals surface area contributed by atoms with Gasteiger partial charge in [0, 0.05) is 31.5 Å². The molecule has 0 unspecified atom stereocenters. The van der Waals surface area contributed by atoms with E-state index in [9.17, 15) is 9.18 Å². The van der Waals surface area contributed by atoms with Gasteiger partial charge in [-0.3, -0.25) is 9.78 Å². The summed E-state index contributed by atoms with van der Waals surface area (Å²) >= 11 is 0. The van der Waals surface area contributed by atoms with Gasteiger partial charge in [-0.2, -0.15) is 0 Å². The topological polar surface area (TPSA) is 59.2 Å². The Morgan fingerprint density at radius 3 is 2.65 bits per heavy atom. The van der Waals surface area contributed by atoms with Gasteiger partial charge < -0.3 is 10.6 Å². The minimum atomic E-state index is -0.571. The number of anilines is 1. The van der Waals surface area contributed by atoms with Gasteiger partial charge in [0.2, 0.25) is 0 Å². The molecule has 2 N–H and O–H groups in total. The van der Waals surface area contributed by atoms with Gasteiger partial charge in [-0.25, -0.2) is 4.39 Å². The summed E-state index contributed by atoms with van der Waals surface area (Å²) in [6.45, 7) is 0.550. The van der Waals surface area contributed by atoms with Gasteiger partial charge in [0.15, 0.2) is 0 Å². The van der Waals surface area contributed by atoms with Crippen LogP contribution in [-0.4, -0.2) is 29.4 Å². The summed E-state index contributed by atoms with van der Waals surface area (Å²) in [5.74, 6) is -0.795. The molecule has 0 fully saturated rings. The van der Waals surface area contributed by atoms with E-state index in [0.29, 0.717) is 12.1 Å². The first-order chi connectivity index (χ1) is 9.58. The fraction of sp³-hybridized carbons (Fsp3) is 0.200. The van der Waals surface area contributed by atoms with Crippen molar-refractivity contribution >= 4 is 11.6 Å². The summed E-state index contributed by atoms with van der Waals surface area (Å²) in [6.07, 6.45) is 4.15. The number of hydrogen-bond donors (Lipinski definition) is 1. The molecule has 1 aromatic heterocycles. The number of rotatable bonds is 4. The number of nitrogen functional groups attached to an aromatic ring is 1. The van der Waals surface area contributed by atoms with Crippen LogP contribution >= 0.6 is 0 Å². The predicted molar refractivity (Wildman–Crippen MR) is 75.7 cm³/mol. The molecule has 0 bridgehead atoms. The van der Waals surface area contributed by atoms with Gasteiger partial charge in [0.1, 0.15) is 5.82 Å². The van der Waals surface area contributed by atoms with Crippen molar-refractivity contribution in [2.45, 2.75) is 6.42 Å². The number of nitrogens with two attached hydrogens (primary N) is 1. The van der Waals surface area contributed by atoms with Crippen molar-refractivity contribution in [2.75, 3.05) is 19.3 Å². The van der Waals surface area contributed by atoms with Gasteiger partial charge in [0.25, 0.3) is 5.91 Å². The summed E-state index contributed by atoms with van der Waals surface area (Å²) in [5, 5.41) is 0. The van der Waals surface area contributed by atoms with E-state index in [-0.39, 0.29) is 11.6 Å². The highest BCUT2D eigenvalue weighted by Gasteiger charge is 2.13. The van der Waals surface area contributed by atoms with E-state index in [1.54, 1.807) is 24.3 Å². The van der Waals surface area contributed by atoms with E-state index in [2.05, 4.69) is 4.98 Å².